The van der Waals surface area contributed by atoms with Crippen LogP contribution in [0.2, 0.25) is 0 Å². The molecule has 0 aliphatic carbocycles. The third-order valence-corrected chi connectivity index (χ3v) is 4.87. The fraction of sp³-hybridized carbons (Fsp3) is 0.389. The summed E-state index contributed by atoms with van der Waals surface area (Å²) in [5, 5.41) is 14.3. The first-order valence-electron chi connectivity index (χ1n) is 7.61. The van der Waals surface area contributed by atoms with Crippen LogP contribution < -0.4 is 5.32 Å². The van der Waals surface area contributed by atoms with Gasteiger partial charge in [0, 0.05) is 23.6 Å². The summed E-state index contributed by atoms with van der Waals surface area (Å²) in [6, 6.07) is 10.0. The number of carbonyl (C=O) groups excluding carboxylic acids is 1. The van der Waals surface area contributed by atoms with Crippen LogP contribution in [0.4, 0.5) is 0 Å². The molecule has 118 valence electrons. The summed E-state index contributed by atoms with van der Waals surface area (Å²) in [6.07, 6.45) is 1.58. The van der Waals surface area contributed by atoms with Crippen LogP contribution in [0, 0.1) is 13.8 Å². The van der Waals surface area contributed by atoms with Crippen molar-refractivity contribution in [2.24, 2.45) is 0 Å². The van der Waals surface area contributed by atoms with Gasteiger partial charge in [0.05, 0.1) is 0 Å². The van der Waals surface area contributed by atoms with E-state index in [1.54, 1.807) is 11.3 Å². The van der Waals surface area contributed by atoms with Crippen molar-refractivity contribution in [1.29, 1.82) is 0 Å². The fourth-order valence-corrected chi connectivity index (χ4v) is 3.44. The van der Waals surface area contributed by atoms with Crippen LogP contribution in [-0.2, 0) is 0 Å². The molecule has 22 heavy (non-hydrogen) atoms. The number of benzene rings is 1. The van der Waals surface area contributed by atoms with Gasteiger partial charge in [0.1, 0.15) is 0 Å². The van der Waals surface area contributed by atoms with Crippen LogP contribution in [0.5, 0.6) is 0 Å². The lowest BCUT2D eigenvalue weighted by Crippen LogP contribution is -2.26. The monoisotopic (exact) mass is 317 g/mol. The molecule has 1 heterocycles. The molecule has 0 aliphatic rings. The quantitative estimate of drug-likeness (QED) is 0.819. The van der Waals surface area contributed by atoms with Gasteiger partial charge in [0.15, 0.2) is 0 Å². The lowest BCUT2D eigenvalue weighted by Gasteiger charge is -2.15. The summed E-state index contributed by atoms with van der Waals surface area (Å²) in [4.78, 5) is 13.6. The Labute approximate surface area is 136 Å². The molecule has 3 nitrogen and oxygen atoms in total. The molecule has 2 rings (SSSR count). The van der Waals surface area contributed by atoms with Crippen molar-refractivity contribution in [2.45, 2.75) is 32.6 Å². The zero-order valence-corrected chi connectivity index (χ0v) is 14.0. The van der Waals surface area contributed by atoms with Crippen LogP contribution in [0.25, 0.3) is 0 Å². The Morgan fingerprint density at radius 2 is 2.09 bits per heavy atom. The predicted octanol–water partition coefficient (Wildman–Crippen LogP) is 3.65. The van der Waals surface area contributed by atoms with Crippen LogP contribution in [0.3, 0.4) is 0 Å². The van der Waals surface area contributed by atoms with Gasteiger partial charge >= 0.3 is 0 Å². The van der Waals surface area contributed by atoms with Gasteiger partial charge in [0.25, 0.3) is 5.91 Å². The number of rotatable bonds is 7. The number of carbonyl (C=O) groups is 1. The van der Waals surface area contributed by atoms with Gasteiger partial charge < -0.3 is 10.4 Å². The predicted molar refractivity (Wildman–Crippen MR) is 91.6 cm³/mol. The van der Waals surface area contributed by atoms with Gasteiger partial charge in [-0.25, -0.2) is 0 Å². The minimum absolute atomic E-state index is 0.0184. The van der Waals surface area contributed by atoms with E-state index in [0.29, 0.717) is 12.5 Å². The molecule has 0 bridgehead atoms. The molecule has 0 unspecified atom stereocenters. The van der Waals surface area contributed by atoms with Crippen LogP contribution in [-0.4, -0.2) is 24.2 Å². The Morgan fingerprint density at radius 3 is 2.77 bits per heavy atom. The second-order valence-electron chi connectivity index (χ2n) is 5.59. The smallest absolute Gasteiger partial charge is 0.251 e. The first-order valence-corrected chi connectivity index (χ1v) is 8.49. The molecule has 2 N–H and O–H groups in total. The van der Waals surface area contributed by atoms with Gasteiger partial charge in [-0.15, -0.1) is 11.3 Å². The molecule has 0 saturated carbocycles. The van der Waals surface area contributed by atoms with Crippen molar-refractivity contribution in [1.82, 2.24) is 5.32 Å². The summed E-state index contributed by atoms with van der Waals surface area (Å²) >= 11 is 1.71. The molecular weight excluding hydrogens is 294 g/mol. The Bertz CT molecular complexity index is 608. The SMILES string of the molecule is Cc1ccc(C)c(C(=O)NCC[C@@H](CCO)c2cccs2)c1. The average molecular weight is 317 g/mol. The normalized spacial score (nSPS) is 12.1. The van der Waals surface area contributed by atoms with Gasteiger partial charge in [-0.2, -0.15) is 0 Å². The number of aliphatic hydroxyl groups excluding tert-OH is 1. The number of aryl methyl sites for hydroxylation is 2. The van der Waals surface area contributed by atoms with E-state index in [1.165, 1.54) is 4.88 Å². The maximum absolute atomic E-state index is 12.3. The van der Waals surface area contributed by atoms with Crippen LogP contribution in [0.15, 0.2) is 35.7 Å². The minimum Gasteiger partial charge on any atom is -0.396 e. The summed E-state index contributed by atoms with van der Waals surface area (Å²) in [6.45, 7) is 4.74. The number of hydrogen-bond donors (Lipinski definition) is 2. The van der Waals surface area contributed by atoms with E-state index < -0.39 is 0 Å². The van der Waals surface area contributed by atoms with Crippen molar-refractivity contribution in [3.63, 3.8) is 0 Å². The maximum Gasteiger partial charge on any atom is 0.251 e. The highest BCUT2D eigenvalue weighted by atomic mass is 32.1. The first-order chi connectivity index (χ1) is 10.6. The van der Waals surface area contributed by atoms with E-state index in [2.05, 4.69) is 11.4 Å². The second kappa shape index (κ2) is 8.11. The third-order valence-electron chi connectivity index (χ3n) is 3.84. The lowest BCUT2D eigenvalue weighted by molar-refractivity contribution is 0.0951. The number of thiophene rings is 1. The standard InChI is InChI=1S/C18H23NO2S/c1-13-5-6-14(2)16(12-13)18(21)19-9-7-15(8-10-20)17-4-3-11-22-17/h3-6,11-12,15,20H,7-10H2,1-2H3,(H,19,21)/t15-/m0/s1. The van der Waals surface area contributed by atoms with Gasteiger partial charge in [-0.3, -0.25) is 4.79 Å². The van der Waals surface area contributed by atoms with Gasteiger partial charge in [0.2, 0.25) is 0 Å². The van der Waals surface area contributed by atoms with Gasteiger partial charge in [-0.05, 0) is 55.7 Å². The lowest BCUT2D eigenvalue weighted by atomic mass is 9.99. The van der Waals surface area contributed by atoms with Crippen molar-refractivity contribution >= 4 is 17.2 Å². The minimum atomic E-state index is -0.0184. The van der Waals surface area contributed by atoms with Crippen molar-refractivity contribution in [3.8, 4) is 0 Å². The molecule has 0 saturated heterocycles. The zero-order valence-electron chi connectivity index (χ0n) is 13.1. The Balaban J connectivity index is 1.91. The van der Waals surface area contributed by atoms with Crippen LogP contribution >= 0.6 is 11.3 Å². The number of amides is 1. The third kappa shape index (κ3) is 4.42. The van der Waals surface area contributed by atoms with E-state index in [1.807, 2.05) is 43.5 Å². The second-order valence-corrected chi connectivity index (χ2v) is 6.57. The van der Waals surface area contributed by atoms with Gasteiger partial charge in [-0.1, -0.05) is 23.8 Å². The summed E-state index contributed by atoms with van der Waals surface area (Å²) in [5.41, 5.74) is 2.83. The Hall–Kier alpha value is -1.65. The van der Waals surface area contributed by atoms with Crippen molar-refractivity contribution < 1.29 is 9.90 Å². The summed E-state index contributed by atoms with van der Waals surface area (Å²) < 4.78 is 0. The first kappa shape index (κ1) is 16.7. The molecule has 0 fully saturated rings. The molecule has 1 aromatic carbocycles. The molecular formula is C18H23NO2S. The molecule has 0 aliphatic heterocycles. The molecule has 1 amide bonds. The average Bonchev–Trinajstić information content (AvgIpc) is 3.03. The number of nitrogens with one attached hydrogen (secondary N) is 1. The van der Waals surface area contributed by atoms with E-state index in [0.717, 1.165) is 29.5 Å². The maximum atomic E-state index is 12.3. The van der Waals surface area contributed by atoms with Crippen molar-refractivity contribution in [3.05, 3.63) is 57.3 Å². The molecule has 0 spiro atoms. The highest BCUT2D eigenvalue weighted by Crippen LogP contribution is 2.26. The Kier molecular flexibility index (Phi) is 6.16. The Morgan fingerprint density at radius 1 is 1.27 bits per heavy atom. The van der Waals surface area contributed by atoms with E-state index >= 15 is 0 Å². The van der Waals surface area contributed by atoms with Crippen molar-refractivity contribution in [2.75, 3.05) is 13.2 Å². The molecule has 2 aromatic rings. The zero-order chi connectivity index (χ0) is 15.9. The topological polar surface area (TPSA) is 49.3 Å². The van der Waals surface area contributed by atoms with E-state index in [-0.39, 0.29) is 12.5 Å². The fourth-order valence-electron chi connectivity index (χ4n) is 2.54. The number of hydrogen-bond acceptors (Lipinski definition) is 3. The highest BCUT2D eigenvalue weighted by molar-refractivity contribution is 7.10. The molecule has 1 aromatic heterocycles. The van der Waals surface area contributed by atoms with E-state index in [4.69, 9.17) is 0 Å². The summed E-state index contributed by atoms with van der Waals surface area (Å²) in [7, 11) is 0. The molecule has 4 heteroatoms. The van der Waals surface area contributed by atoms with E-state index in [9.17, 15) is 9.90 Å². The highest BCUT2D eigenvalue weighted by Gasteiger charge is 2.14. The largest absolute Gasteiger partial charge is 0.396 e. The van der Waals surface area contributed by atoms with Crippen LogP contribution in [0.1, 0.15) is 45.1 Å². The molecule has 0 radical (unpaired) electrons. The number of aliphatic hydroxyl groups is 1. The molecule has 1 atom stereocenters. The summed E-state index contributed by atoms with van der Waals surface area (Å²) in [5.74, 6) is 0.291.